The number of nitrogens with zero attached hydrogens (tertiary/aromatic N) is 2. The molecular weight excluding hydrogens is 384 g/mol. The number of Topliss-reactive ketones (excluding diaryl/α,β-unsaturated/α-hetero) is 1. The Bertz CT molecular complexity index is 1010. The molecule has 0 saturated carbocycles. The van der Waals surface area contributed by atoms with E-state index < -0.39 is 6.10 Å². The Morgan fingerprint density at radius 1 is 1.14 bits per heavy atom. The molecule has 7 nitrogen and oxygen atoms in total. The fraction of sp³-hybridized carbons (Fsp3) is 0.250. The number of rotatable bonds is 3. The highest BCUT2D eigenvalue weighted by Crippen LogP contribution is 2.37. The van der Waals surface area contributed by atoms with Crippen molar-refractivity contribution in [3.63, 3.8) is 0 Å². The van der Waals surface area contributed by atoms with Crippen molar-refractivity contribution in [3.05, 3.63) is 47.0 Å². The van der Waals surface area contributed by atoms with Gasteiger partial charge in [0, 0.05) is 17.6 Å². The Hall–Kier alpha value is -3.06. The molecule has 0 spiro atoms. The number of benzene rings is 2. The number of carbonyl (C=O) groups is 3. The molecule has 0 bridgehead atoms. The van der Waals surface area contributed by atoms with Gasteiger partial charge in [-0.1, -0.05) is 11.6 Å². The second kappa shape index (κ2) is 6.83. The molecule has 0 fully saturated rings. The van der Waals surface area contributed by atoms with Gasteiger partial charge < -0.3 is 14.4 Å². The van der Waals surface area contributed by atoms with Gasteiger partial charge in [-0.3, -0.25) is 19.3 Å². The molecule has 2 aromatic rings. The Balaban J connectivity index is 1.65. The number of ether oxygens (including phenoxy) is 2. The van der Waals surface area contributed by atoms with Crippen LogP contribution in [0.15, 0.2) is 36.4 Å². The van der Waals surface area contributed by atoms with Crippen LogP contribution < -0.4 is 19.3 Å². The van der Waals surface area contributed by atoms with Gasteiger partial charge in [0.15, 0.2) is 18.5 Å². The SMILES string of the molecule is CC1Oc2ccc(Cl)cc2N(CC(=O)c2ccc3c(c2)N(C)C(=O)CO3)C1=O. The van der Waals surface area contributed by atoms with E-state index in [9.17, 15) is 14.4 Å². The normalized spacial score (nSPS) is 18.2. The molecule has 0 N–H and O–H groups in total. The quantitative estimate of drug-likeness (QED) is 0.740. The van der Waals surface area contributed by atoms with Gasteiger partial charge in [-0.25, -0.2) is 0 Å². The fourth-order valence-electron chi connectivity index (χ4n) is 3.22. The first-order valence-corrected chi connectivity index (χ1v) is 9.07. The molecule has 28 heavy (non-hydrogen) atoms. The second-order valence-corrected chi connectivity index (χ2v) is 7.08. The highest BCUT2D eigenvalue weighted by molar-refractivity contribution is 6.31. The lowest BCUT2D eigenvalue weighted by molar-refractivity contribution is -0.125. The molecule has 1 unspecified atom stereocenters. The zero-order valence-electron chi connectivity index (χ0n) is 15.3. The van der Waals surface area contributed by atoms with Gasteiger partial charge in [-0.2, -0.15) is 0 Å². The van der Waals surface area contributed by atoms with Gasteiger partial charge in [-0.05, 0) is 43.3 Å². The summed E-state index contributed by atoms with van der Waals surface area (Å²) in [6, 6.07) is 9.81. The van der Waals surface area contributed by atoms with E-state index in [2.05, 4.69) is 0 Å². The van der Waals surface area contributed by atoms with Gasteiger partial charge in [0.1, 0.15) is 11.5 Å². The van der Waals surface area contributed by atoms with Crippen molar-refractivity contribution in [1.82, 2.24) is 0 Å². The van der Waals surface area contributed by atoms with Crippen molar-refractivity contribution in [1.29, 1.82) is 0 Å². The number of anilines is 2. The van der Waals surface area contributed by atoms with Crippen molar-refractivity contribution >= 4 is 40.6 Å². The molecule has 2 aliphatic heterocycles. The molecule has 2 amide bonds. The van der Waals surface area contributed by atoms with Crippen LogP contribution in [-0.2, 0) is 9.59 Å². The highest BCUT2D eigenvalue weighted by atomic mass is 35.5. The van der Waals surface area contributed by atoms with Crippen molar-refractivity contribution in [2.24, 2.45) is 0 Å². The van der Waals surface area contributed by atoms with E-state index in [1.54, 1.807) is 50.4 Å². The van der Waals surface area contributed by atoms with Gasteiger partial charge in [-0.15, -0.1) is 0 Å². The molecule has 1 atom stereocenters. The summed E-state index contributed by atoms with van der Waals surface area (Å²) < 4.78 is 11.0. The van der Waals surface area contributed by atoms with Crippen molar-refractivity contribution in [2.45, 2.75) is 13.0 Å². The van der Waals surface area contributed by atoms with Crippen LogP contribution in [0.1, 0.15) is 17.3 Å². The molecule has 0 saturated heterocycles. The summed E-state index contributed by atoms with van der Waals surface area (Å²) in [5, 5.41) is 0.438. The van der Waals surface area contributed by atoms with Crippen LogP contribution in [0, 0.1) is 0 Å². The van der Waals surface area contributed by atoms with Crippen LogP contribution in [0.4, 0.5) is 11.4 Å². The highest BCUT2D eigenvalue weighted by Gasteiger charge is 2.33. The van der Waals surface area contributed by atoms with E-state index in [1.165, 1.54) is 9.80 Å². The predicted octanol–water partition coefficient (Wildman–Crippen LogP) is 2.69. The second-order valence-electron chi connectivity index (χ2n) is 6.64. The van der Waals surface area contributed by atoms with Gasteiger partial charge in [0.2, 0.25) is 0 Å². The molecule has 0 radical (unpaired) electrons. The minimum absolute atomic E-state index is 0.0332. The van der Waals surface area contributed by atoms with E-state index in [-0.39, 0.29) is 30.7 Å². The first-order valence-electron chi connectivity index (χ1n) is 8.69. The molecular formula is C20H17ClN2O5. The lowest BCUT2D eigenvalue weighted by atomic mass is 10.1. The van der Waals surface area contributed by atoms with E-state index in [1.807, 2.05) is 0 Å². The number of hydrogen-bond acceptors (Lipinski definition) is 5. The van der Waals surface area contributed by atoms with E-state index in [0.29, 0.717) is 33.5 Å². The summed E-state index contributed by atoms with van der Waals surface area (Å²) in [5.41, 5.74) is 1.35. The minimum Gasteiger partial charge on any atom is -0.482 e. The average Bonchev–Trinajstić information content (AvgIpc) is 2.68. The third-order valence-corrected chi connectivity index (χ3v) is 5.03. The molecule has 4 rings (SSSR count). The summed E-state index contributed by atoms with van der Waals surface area (Å²) in [6.45, 7) is 1.43. The zero-order chi connectivity index (χ0) is 20.0. The summed E-state index contributed by atoms with van der Waals surface area (Å²) in [6.07, 6.45) is -0.706. The maximum Gasteiger partial charge on any atom is 0.268 e. The maximum absolute atomic E-state index is 12.9. The number of fused-ring (bicyclic) bond motifs is 2. The van der Waals surface area contributed by atoms with Gasteiger partial charge in [0.25, 0.3) is 11.8 Å². The topological polar surface area (TPSA) is 76.2 Å². The van der Waals surface area contributed by atoms with Crippen LogP contribution in [0.5, 0.6) is 11.5 Å². The van der Waals surface area contributed by atoms with Crippen LogP contribution in [0.2, 0.25) is 5.02 Å². The molecule has 2 heterocycles. The van der Waals surface area contributed by atoms with Crippen LogP contribution in [0.3, 0.4) is 0 Å². The van der Waals surface area contributed by atoms with E-state index >= 15 is 0 Å². The average molecular weight is 401 g/mol. The number of carbonyl (C=O) groups excluding carboxylic acids is 3. The largest absolute Gasteiger partial charge is 0.482 e. The molecule has 0 aromatic heterocycles. The summed E-state index contributed by atoms with van der Waals surface area (Å²) in [4.78, 5) is 40.2. The Kier molecular flexibility index (Phi) is 4.47. The molecule has 2 aromatic carbocycles. The first-order chi connectivity index (χ1) is 13.3. The number of likely N-dealkylation sites (N-methyl/N-ethyl adjacent to an activating group) is 1. The Labute approximate surface area is 166 Å². The van der Waals surface area contributed by atoms with Gasteiger partial charge in [0.05, 0.1) is 17.9 Å². The fourth-order valence-corrected chi connectivity index (χ4v) is 3.39. The standard InChI is InChI=1S/C20H17ClN2O5/c1-11-20(26)23(15-8-13(21)4-6-18(15)28-11)9-16(24)12-3-5-17-14(7-12)22(2)19(25)10-27-17/h3-8,11H,9-10H2,1-2H3. The van der Waals surface area contributed by atoms with Crippen molar-refractivity contribution in [3.8, 4) is 11.5 Å². The van der Waals surface area contributed by atoms with Crippen LogP contribution >= 0.6 is 11.6 Å². The summed E-state index contributed by atoms with van der Waals surface area (Å²) in [7, 11) is 1.63. The minimum atomic E-state index is -0.706. The lowest BCUT2D eigenvalue weighted by Crippen LogP contribution is -2.46. The first kappa shape index (κ1) is 18.3. The third kappa shape index (κ3) is 3.07. The van der Waals surface area contributed by atoms with Crippen molar-refractivity contribution < 1.29 is 23.9 Å². The Morgan fingerprint density at radius 2 is 1.89 bits per heavy atom. The van der Waals surface area contributed by atoms with Crippen LogP contribution in [-0.4, -0.2) is 43.9 Å². The smallest absolute Gasteiger partial charge is 0.268 e. The zero-order valence-corrected chi connectivity index (χ0v) is 16.0. The molecule has 0 aliphatic carbocycles. The maximum atomic E-state index is 12.9. The number of halogens is 1. The van der Waals surface area contributed by atoms with E-state index in [4.69, 9.17) is 21.1 Å². The summed E-state index contributed by atoms with van der Waals surface area (Å²) >= 11 is 6.06. The number of hydrogen-bond donors (Lipinski definition) is 0. The predicted molar refractivity (Wildman–Crippen MR) is 104 cm³/mol. The Morgan fingerprint density at radius 3 is 2.68 bits per heavy atom. The van der Waals surface area contributed by atoms with Crippen molar-refractivity contribution in [2.75, 3.05) is 30.0 Å². The molecule has 144 valence electrons. The summed E-state index contributed by atoms with van der Waals surface area (Å²) in [5.74, 6) is 0.234. The lowest BCUT2D eigenvalue weighted by Gasteiger charge is -2.32. The number of ketones is 1. The van der Waals surface area contributed by atoms with Crippen LogP contribution in [0.25, 0.3) is 0 Å². The number of amides is 2. The molecule has 8 heteroatoms. The monoisotopic (exact) mass is 400 g/mol. The van der Waals surface area contributed by atoms with E-state index in [0.717, 1.165) is 0 Å². The van der Waals surface area contributed by atoms with Gasteiger partial charge >= 0.3 is 0 Å². The molecule has 2 aliphatic rings. The third-order valence-electron chi connectivity index (χ3n) is 4.80.